The molecule has 114 valence electrons. The highest BCUT2D eigenvalue weighted by atomic mass is 16.5. The van der Waals surface area contributed by atoms with Gasteiger partial charge in [-0.3, -0.25) is 0 Å². The highest BCUT2D eigenvalue weighted by Crippen LogP contribution is 2.70. The van der Waals surface area contributed by atoms with E-state index in [-0.39, 0.29) is 0 Å². The third-order valence-corrected chi connectivity index (χ3v) is 6.74. The summed E-state index contributed by atoms with van der Waals surface area (Å²) >= 11 is 0. The fourth-order valence-electron chi connectivity index (χ4n) is 5.93. The number of fused-ring (bicyclic) bond motifs is 5. The second-order valence-corrected chi connectivity index (χ2v) is 7.84. The van der Waals surface area contributed by atoms with Crippen molar-refractivity contribution in [3.8, 4) is 0 Å². The third-order valence-electron chi connectivity index (χ3n) is 6.74. The molecule has 0 aromatic carbocycles. The molecule has 6 atom stereocenters. The molecule has 0 aromatic rings. The predicted molar refractivity (Wildman–Crippen MR) is 81.6 cm³/mol. The van der Waals surface area contributed by atoms with Crippen LogP contribution in [0.4, 0.5) is 0 Å². The zero-order valence-electron chi connectivity index (χ0n) is 13.0. The lowest BCUT2D eigenvalue weighted by atomic mass is 9.93. The average molecular weight is 277 g/mol. The van der Waals surface area contributed by atoms with E-state index in [0.717, 1.165) is 42.2 Å². The van der Waals surface area contributed by atoms with Gasteiger partial charge >= 0.3 is 0 Å². The lowest BCUT2D eigenvalue weighted by molar-refractivity contribution is 0.0980. The van der Waals surface area contributed by atoms with Gasteiger partial charge in [0.25, 0.3) is 0 Å². The van der Waals surface area contributed by atoms with Crippen LogP contribution in [0.5, 0.6) is 0 Å². The number of hydrogen-bond acceptors (Lipinski definition) is 2. The molecule has 1 N–H and O–H groups in total. The Hall–Kier alpha value is -0.0800. The standard InChI is InChI=1S/C18H31NO/c1-2-9-19-15(8-7-14-4-3-10-20-14)18-16-12-5-6-13(11-12)17(16)18/h12-19H,2-11H2,1H3. The van der Waals surface area contributed by atoms with Crippen molar-refractivity contribution in [1.29, 1.82) is 0 Å². The molecular formula is C18H31NO. The number of ether oxygens (including phenoxy) is 1. The minimum atomic E-state index is 0.580. The molecule has 3 saturated carbocycles. The number of rotatable bonds is 7. The van der Waals surface area contributed by atoms with E-state index in [9.17, 15) is 0 Å². The van der Waals surface area contributed by atoms with E-state index in [1.54, 1.807) is 19.3 Å². The van der Waals surface area contributed by atoms with Gasteiger partial charge in [-0.05, 0) is 87.5 Å². The quantitative estimate of drug-likeness (QED) is 0.767. The zero-order valence-corrected chi connectivity index (χ0v) is 13.0. The molecule has 2 nitrogen and oxygen atoms in total. The fourth-order valence-corrected chi connectivity index (χ4v) is 5.93. The Labute approximate surface area is 124 Å². The summed E-state index contributed by atoms with van der Waals surface area (Å²) in [5.41, 5.74) is 0. The van der Waals surface area contributed by atoms with E-state index < -0.39 is 0 Å². The van der Waals surface area contributed by atoms with Crippen molar-refractivity contribution in [2.45, 2.75) is 70.4 Å². The van der Waals surface area contributed by atoms with Crippen LogP contribution in [0.25, 0.3) is 0 Å². The summed E-state index contributed by atoms with van der Waals surface area (Å²) in [6.45, 7) is 4.51. The van der Waals surface area contributed by atoms with E-state index in [1.165, 1.54) is 38.6 Å². The largest absolute Gasteiger partial charge is 0.378 e. The van der Waals surface area contributed by atoms with Crippen LogP contribution in [0, 0.1) is 29.6 Å². The van der Waals surface area contributed by atoms with Crippen molar-refractivity contribution in [3.63, 3.8) is 0 Å². The van der Waals surface area contributed by atoms with Crippen molar-refractivity contribution in [2.75, 3.05) is 13.2 Å². The van der Waals surface area contributed by atoms with Gasteiger partial charge in [0.1, 0.15) is 0 Å². The summed E-state index contributed by atoms with van der Waals surface area (Å²) in [4.78, 5) is 0. The summed E-state index contributed by atoms with van der Waals surface area (Å²) in [7, 11) is 0. The summed E-state index contributed by atoms with van der Waals surface area (Å²) < 4.78 is 5.83. The monoisotopic (exact) mass is 277 g/mol. The first-order valence-corrected chi connectivity index (χ1v) is 9.23. The van der Waals surface area contributed by atoms with E-state index in [4.69, 9.17) is 4.74 Å². The first-order chi connectivity index (χ1) is 9.88. The molecule has 3 aliphatic carbocycles. The topological polar surface area (TPSA) is 21.3 Å². The van der Waals surface area contributed by atoms with Crippen molar-refractivity contribution < 1.29 is 4.74 Å². The molecule has 0 aromatic heterocycles. The molecule has 2 heteroatoms. The van der Waals surface area contributed by atoms with Crippen LogP contribution in [0.3, 0.4) is 0 Å². The van der Waals surface area contributed by atoms with E-state index in [1.807, 2.05) is 0 Å². The molecule has 1 aliphatic heterocycles. The lowest BCUT2D eigenvalue weighted by Crippen LogP contribution is -2.34. The number of hydrogen-bond donors (Lipinski definition) is 1. The van der Waals surface area contributed by atoms with Gasteiger partial charge in [0.2, 0.25) is 0 Å². The maximum Gasteiger partial charge on any atom is 0.0576 e. The van der Waals surface area contributed by atoms with E-state index >= 15 is 0 Å². The Morgan fingerprint density at radius 2 is 1.95 bits per heavy atom. The molecule has 0 amide bonds. The first kappa shape index (κ1) is 13.6. The minimum absolute atomic E-state index is 0.580. The van der Waals surface area contributed by atoms with Gasteiger partial charge in [0, 0.05) is 12.6 Å². The molecule has 4 aliphatic rings. The molecule has 2 bridgehead atoms. The fraction of sp³-hybridized carbons (Fsp3) is 1.00. The first-order valence-electron chi connectivity index (χ1n) is 9.23. The molecule has 0 radical (unpaired) electrons. The summed E-state index contributed by atoms with van der Waals surface area (Å²) in [6.07, 6.45) is 11.8. The van der Waals surface area contributed by atoms with Crippen molar-refractivity contribution in [1.82, 2.24) is 5.32 Å². The molecule has 20 heavy (non-hydrogen) atoms. The van der Waals surface area contributed by atoms with Gasteiger partial charge in [-0.1, -0.05) is 6.92 Å². The van der Waals surface area contributed by atoms with Crippen LogP contribution in [0.2, 0.25) is 0 Å². The zero-order chi connectivity index (χ0) is 13.5. The Kier molecular flexibility index (Phi) is 3.80. The maximum absolute atomic E-state index is 5.83. The van der Waals surface area contributed by atoms with Gasteiger partial charge in [-0.2, -0.15) is 0 Å². The van der Waals surface area contributed by atoms with Crippen molar-refractivity contribution >= 4 is 0 Å². The number of nitrogens with one attached hydrogen (secondary N) is 1. The maximum atomic E-state index is 5.83. The normalized spacial score (nSPS) is 46.6. The third kappa shape index (κ3) is 2.33. The van der Waals surface area contributed by atoms with E-state index in [2.05, 4.69) is 12.2 Å². The Morgan fingerprint density at radius 1 is 1.15 bits per heavy atom. The molecule has 4 rings (SSSR count). The van der Waals surface area contributed by atoms with Gasteiger partial charge in [0.15, 0.2) is 0 Å². The molecular weight excluding hydrogens is 246 g/mol. The Balaban J connectivity index is 1.33. The van der Waals surface area contributed by atoms with Crippen LogP contribution in [-0.2, 0) is 4.74 Å². The van der Waals surface area contributed by atoms with E-state index in [0.29, 0.717) is 6.10 Å². The Morgan fingerprint density at radius 3 is 2.60 bits per heavy atom. The highest BCUT2D eigenvalue weighted by molar-refractivity contribution is 5.15. The molecule has 1 saturated heterocycles. The Bertz CT molecular complexity index is 322. The van der Waals surface area contributed by atoms with Gasteiger partial charge in [-0.25, -0.2) is 0 Å². The van der Waals surface area contributed by atoms with Crippen LogP contribution >= 0.6 is 0 Å². The average Bonchev–Trinajstić information content (AvgIpc) is 2.90. The van der Waals surface area contributed by atoms with Crippen LogP contribution in [0.1, 0.15) is 58.3 Å². The highest BCUT2D eigenvalue weighted by Gasteiger charge is 2.66. The predicted octanol–water partition coefficient (Wildman–Crippen LogP) is 3.61. The SMILES string of the molecule is CCCNC(CCC1CCCO1)C1C2C3CCC(C3)C21. The minimum Gasteiger partial charge on any atom is -0.378 e. The summed E-state index contributed by atoms with van der Waals surface area (Å²) in [5.74, 6) is 5.50. The summed E-state index contributed by atoms with van der Waals surface area (Å²) in [5, 5.41) is 3.90. The van der Waals surface area contributed by atoms with Crippen LogP contribution < -0.4 is 5.32 Å². The second kappa shape index (κ2) is 5.61. The van der Waals surface area contributed by atoms with Crippen molar-refractivity contribution in [3.05, 3.63) is 0 Å². The molecule has 6 unspecified atom stereocenters. The molecule has 4 fully saturated rings. The van der Waals surface area contributed by atoms with Crippen molar-refractivity contribution in [2.24, 2.45) is 29.6 Å². The second-order valence-electron chi connectivity index (χ2n) is 7.84. The smallest absolute Gasteiger partial charge is 0.0576 e. The van der Waals surface area contributed by atoms with Crippen LogP contribution in [-0.4, -0.2) is 25.3 Å². The van der Waals surface area contributed by atoms with Gasteiger partial charge in [-0.15, -0.1) is 0 Å². The molecule has 1 heterocycles. The lowest BCUT2D eigenvalue weighted by Gasteiger charge is -2.23. The molecule has 0 spiro atoms. The van der Waals surface area contributed by atoms with Gasteiger partial charge in [0.05, 0.1) is 6.10 Å². The van der Waals surface area contributed by atoms with Crippen LogP contribution in [0.15, 0.2) is 0 Å². The van der Waals surface area contributed by atoms with Gasteiger partial charge < -0.3 is 10.1 Å². The summed E-state index contributed by atoms with van der Waals surface area (Å²) in [6, 6.07) is 0.803.